The van der Waals surface area contributed by atoms with Gasteiger partial charge in [-0.25, -0.2) is 0 Å². The van der Waals surface area contributed by atoms with Crippen LogP contribution in [0.5, 0.6) is 0 Å². The molecular formula is C13H15BrF3N. The maximum atomic E-state index is 12.5. The van der Waals surface area contributed by atoms with Crippen LogP contribution in [-0.2, 0) is 12.6 Å². The molecular weight excluding hydrogens is 307 g/mol. The molecule has 1 aromatic carbocycles. The van der Waals surface area contributed by atoms with E-state index in [2.05, 4.69) is 21.2 Å². The maximum absolute atomic E-state index is 12.5. The fourth-order valence-electron chi connectivity index (χ4n) is 2.13. The van der Waals surface area contributed by atoms with Crippen LogP contribution in [0.4, 0.5) is 13.2 Å². The van der Waals surface area contributed by atoms with E-state index in [0.29, 0.717) is 16.4 Å². The van der Waals surface area contributed by atoms with Crippen LogP contribution >= 0.6 is 15.9 Å². The first-order valence-electron chi connectivity index (χ1n) is 5.94. The molecule has 0 spiro atoms. The summed E-state index contributed by atoms with van der Waals surface area (Å²) in [4.78, 5) is 0. The Balaban J connectivity index is 2.14. The summed E-state index contributed by atoms with van der Waals surface area (Å²) in [6.45, 7) is 0. The van der Waals surface area contributed by atoms with E-state index in [0.717, 1.165) is 24.1 Å². The Morgan fingerprint density at radius 2 is 2.06 bits per heavy atom. The highest BCUT2D eigenvalue weighted by atomic mass is 79.9. The monoisotopic (exact) mass is 321 g/mol. The fraction of sp³-hybridized carbons (Fsp3) is 0.538. The predicted octanol–water partition coefficient (Wildman–Crippen LogP) is 4.01. The summed E-state index contributed by atoms with van der Waals surface area (Å²) in [5, 5.41) is 3.24. The van der Waals surface area contributed by atoms with Crippen molar-refractivity contribution in [2.45, 2.75) is 31.5 Å². The Hall–Kier alpha value is -0.550. The molecule has 0 aromatic heterocycles. The normalized spacial score (nSPS) is 17.8. The zero-order valence-corrected chi connectivity index (χ0v) is 11.6. The number of nitrogens with one attached hydrogen (secondary N) is 1. The lowest BCUT2D eigenvalue weighted by molar-refractivity contribution is -0.137. The van der Waals surface area contributed by atoms with Crippen molar-refractivity contribution in [3.63, 3.8) is 0 Å². The van der Waals surface area contributed by atoms with Crippen molar-refractivity contribution < 1.29 is 13.2 Å². The molecule has 0 saturated heterocycles. The van der Waals surface area contributed by atoms with Gasteiger partial charge in [0.2, 0.25) is 0 Å². The number of likely N-dealkylation sites (N-methyl/N-ethyl adjacent to an activating group) is 1. The van der Waals surface area contributed by atoms with Crippen LogP contribution in [0.25, 0.3) is 0 Å². The summed E-state index contributed by atoms with van der Waals surface area (Å²) < 4.78 is 38.1. The second-order valence-electron chi connectivity index (χ2n) is 4.74. The van der Waals surface area contributed by atoms with E-state index in [1.54, 1.807) is 6.07 Å². The van der Waals surface area contributed by atoms with Gasteiger partial charge in [0.25, 0.3) is 0 Å². The molecule has 1 atom stereocenters. The van der Waals surface area contributed by atoms with E-state index in [9.17, 15) is 13.2 Å². The van der Waals surface area contributed by atoms with E-state index >= 15 is 0 Å². The molecule has 1 aliphatic carbocycles. The van der Waals surface area contributed by atoms with Crippen molar-refractivity contribution in [3.05, 3.63) is 33.8 Å². The minimum atomic E-state index is -4.28. The number of hydrogen-bond donors (Lipinski definition) is 1. The molecule has 1 aliphatic rings. The summed E-state index contributed by atoms with van der Waals surface area (Å²) in [5.41, 5.74) is 0.319. The molecule has 0 amide bonds. The molecule has 1 N–H and O–H groups in total. The minimum Gasteiger partial charge on any atom is -0.316 e. The first-order chi connectivity index (χ1) is 8.41. The second-order valence-corrected chi connectivity index (χ2v) is 5.60. The van der Waals surface area contributed by atoms with Gasteiger partial charge in [0.15, 0.2) is 0 Å². The van der Waals surface area contributed by atoms with Crippen LogP contribution in [0, 0.1) is 5.92 Å². The van der Waals surface area contributed by atoms with E-state index < -0.39 is 11.7 Å². The molecule has 2 rings (SSSR count). The second kappa shape index (κ2) is 5.21. The van der Waals surface area contributed by atoms with Crippen LogP contribution in [0.15, 0.2) is 22.7 Å². The van der Waals surface area contributed by atoms with Crippen LogP contribution in [-0.4, -0.2) is 13.1 Å². The highest BCUT2D eigenvalue weighted by molar-refractivity contribution is 9.10. The Morgan fingerprint density at radius 1 is 1.39 bits per heavy atom. The smallest absolute Gasteiger partial charge is 0.316 e. The fourth-order valence-corrected chi connectivity index (χ4v) is 2.67. The van der Waals surface area contributed by atoms with E-state index in [1.807, 2.05) is 7.05 Å². The molecule has 0 aliphatic heterocycles. The quantitative estimate of drug-likeness (QED) is 0.883. The summed E-state index contributed by atoms with van der Waals surface area (Å²) >= 11 is 3.24. The van der Waals surface area contributed by atoms with Gasteiger partial charge in [-0.1, -0.05) is 22.0 Å². The van der Waals surface area contributed by atoms with Crippen LogP contribution in [0.1, 0.15) is 24.0 Å². The van der Waals surface area contributed by atoms with Crippen molar-refractivity contribution in [2.75, 3.05) is 7.05 Å². The van der Waals surface area contributed by atoms with Crippen LogP contribution < -0.4 is 5.32 Å². The topological polar surface area (TPSA) is 12.0 Å². The van der Waals surface area contributed by atoms with Gasteiger partial charge in [0.1, 0.15) is 0 Å². The van der Waals surface area contributed by atoms with Crippen molar-refractivity contribution >= 4 is 15.9 Å². The molecule has 1 fully saturated rings. The number of halogens is 4. The largest absolute Gasteiger partial charge is 0.416 e. The highest BCUT2D eigenvalue weighted by Crippen LogP contribution is 2.36. The van der Waals surface area contributed by atoms with Gasteiger partial charge in [-0.15, -0.1) is 0 Å². The number of benzene rings is 1. The average molecular weight is 322 g/mol. The van der Waals surface area contributed by atoms with Gasteiger partial charge in [-0.2, -0.15) is 13.2 Å². The van der Waals surface area contributed by atoms with Crippen LogP contribution in [0.2, 0.25) is 0 Å². The van der Waals surface area contributed by atoms with Gasteiger partial charge >= 0.3 is 6.18 Å². The van der Waals surface area contributed by atoms with Gasteiger partial charge < -0.3 is 5.32 Å². The molecule has 18 heavy (non-hydrogen) atoms. The molecule has 0 bridgehead atoms. The zero-order chi connectivity index (χ0) is 13.3. The van der Waals surface area contributed by atoms with Crippen molar-refractivity contribution in [1.29, 1.82) is 0 Å². The SMILES string of the molecule is CNC(Cc1ccc(C(F)(F)F)cc1Br)C1CC1. The zero-order valence-electron chi connectivity index (χ0n) is 10.0. The number of alkyl halides is 3. The first-order valence-corrected chi connectivity index (χ1v) is 6.74. The number of hydrogen-bond acceptors (Lipinski definition) is 1. The molecule has 1 aromatic rings. The van der Waals surface area contributed by atoms with Gasteiger partial charge in [0, 0.05) is 10.5 Å². The minimum absolute atomic E-state index is 0.359. The third-order valence-electron chi connectivity index (χ3n) is 3.38. The summed E-state index contributed by atoms with van der Waals surface area (Å²) in [6, 6.07) is 4.24. The molecule has 0 radical (unpaired) electrons. The van der Waals surface area contributed by atoms with Gasteiger partial charge in [-0.3, -0.25) is 0 Å². The Bertz CT molecular complexity index is 427. The summed E-state index contributed by atoms with van der Waals surface area (Å²) in [6.07, 6.45) is -1.09. The van der Waals surface area contributed by atoms with Crippen LogP contribution in [0.3, 0.4) is 0 Å². The van der Waals surface area contributed by atoms with Gasteiger partial charge in [0.05, 0.1) is 5.56 Å². The molecule has 1 unspecified atom stereocenters. The third-order valence-corrected chi connectivity index (χ3v) is 4.12. The Morgan fingerprint density at radius 3 is 2.50 bits per heavy atom. The lowest BCUT2D eigenvalue weighted by Gasteiger charge is -2.17. The maximum Gasteiger partial charge on any atom is 0.416 e. The Kier molecular flexibility index (Phi) is 4.02. The molecule has 1 saturated carbocycles. The highest BCUT2D eigenvalue weighted by Gasteiger charge is 2.32. The van der Waals surface area contributed by atoms with Gasteiger partial charge in [-0.05, 0) is 49.9 Å². The lowest BCUT2D eigenvalue weighted by Crippen LogP contribution is -2.29. The van der Waals surface area contributed by atoms with Crippen molar-refractivity contribution in [3.8, 4) is 0 Å². The molecule has 5 heteroatoms. The summed E-state index contributed by atoms with van der Waals surface area (Å²) in [5.74, 6) is 0.671. The molecule has 1 nitrogen and oxygen atoms in total. The molecule has 0 heterocycles. The van der Waals surface area contributed by atoms with Crippen molar-refractivity contribution in [1.82, 2.24) is 5.32 Å². The predicted molar refractivity (Wildman–Crippen MR) is 68.4 cm³/mol. The average Bonchev–Trinajstić information content (AvgIpc) is 3.10. The standard InChI is InChI=1S/C13H15BrF3N/c1-18-12(8-2-3-8)6-9-4-5-10(7-11(9)14)13(15,16)17/h4-5,7-8,12,18H,2-3,6H2,1H3. The lowest BCUT2D eigenvalue weighted by atomic mass is 10.0. The number of rotatable bonds is 4. The molecule has 100 valence electrons. The Labute approximate surface area is 113 Å². The van der Waals surface area contributed by atoms with Crippen molar-refractivity contribution in [2.24, 2.45) is 5.92 Å². The third kappa shape index (κ3) is 3.26. The first kappa shape index (κ1) is 13.9. The van der Waals surface area contributed by atoms with E-state index in [-0.39, 0.29) is 0 Å². The van der Waals surface area contributed by atoms with E-state index in [4.69, 9.17) is 0 Å². The summed E-state index contributed by atoms with van der Waals surface area (Å²) in [7, 11) is 1.90. The van der Waals surface area contributed by atoms with E-state index in [1.165, 1.54) is 12.8 Å².